The fourth-order valence-electron chi connectivity index (χ4n) is 2.21. The number of nitrogens with zero attached hydrogens (tertiary/aromatic N) is 3. The van der Waals surface area contributed by atoms with Gasteiger partial charge in [0.1, 0.15) is 12.7 Å². The summed E-state index contributed by atoms with van der Waals surface area (Å²) in [6.45, 7) is 3.69. The number of likely N-dealkylation sites (N-methyl/N-ethyl adjacent to an activating group) is 1. The first-order chi connectivity index (χ1) is 9.70. The van der Waals surface area contributed by atoms with Gasteiger partial charge in [-0.3, -0.25) is 4.90 Å². The molecule has 3 rings (SSSR count). The molecule has 0 saturated heterocycles. The van der Waals surface area contributed by atoms with Crippen molar-refractivity contribution in [2.24, 2.45) is 0 Å². The molecule has 0 saturated carbocycles. The Kier molecular flexibility index (Phi) is 3.56. The molecule has 1 atom stereocenters. The average molecular weight is 275 g/mol. The molecular weight excluding hydrogens is 258 g/mol. The number of fused-ring (bicyclic) bond motifs is 1. The number of para-hydroxylation sites is 2. The van der Waals surface area contributed by atoms with Gasteiger partial charge in [0.15, 0.2) is 17.3 Å². The monoisotopic (exact) mass is 275 g/mol. The van der Waals surface area contributed by atoms with Crippen LogP contribution in [0.15, 0.2) is 28.8 Å². The quantitative estimate of drug-likeness (QED) is 0.845. The van der Waals surface area contributed by atoms with Gasteiger partial charge in [-0.15, -0.1) is 0 Å². The second-order valence-electron chi connectivity index (χ2n) is 4.92. The van der Waals surface area contributed by atoms with E-state index in [2.05, 4.69) is 15.0 Å². The molecule has 0 amide bonds. The van der Waals surface area contributed by atoms with Crippen molar-refractivity contribution in [3.05, 3.63) is 36.0 Å². The van der Waals surface area contributed by atoms with Crippen molar-refractivity contribution in [1.82, 2.24) is 15.0 Å². The molecular formula is C14H17N3O3. The fraction of sp³-hybridized carbons (Fsp3) is 0.429. The molecule has 2 aromatic rings. The number of hydrogen-bond acceptors (Lipinski definition) is 6. The molecule has 0 aliphatic carbocycles. The lowest BCUT2D eigenvalue weighted by molar-refractivity contribution is 0.0630. The third-order valence-electron chi connectivity index (χ3n) is 3.06. The van der Waals surface area contributed by atoms with Crippen LogP contribution in [0.3, 0.4) is 0 Å². The summed E-state index contributed by atoms with van der Waals surface area (Å²) >= 11 is 0. The number of aromatic nitrogens is 2. The molecule has 6 heteroatoms. The molecule has 1 aromatic heterocycles. The second-order valence-corrected chi connectivity index (χ2v) is 4.92. The summed E-state index contributed by atoms with van der Waals surface area (Å²) < 4.78 is 16.6. The summed E-state index contributed by atoms with van der Waals surface area (Å²) in [6, 6.07) is 7.71. The highest BCUT2D eigenvalue weighted by Crippen LogP contribution is 2.30. The van der Waals surface area contributed by atoms with Crippen molar-refractivity contribution >= 4 is 0 Å². The Balaban J connectivity index is 1.56. The summed E-state index contributed by atoms with van der Waals surface area (Å²) in [5, 5.41) is 3.88. The Hall–Kier alpha value is -2.08. The molecule has 1 aromatic carbocycles. The highest BCUT2D eigenvalue weighted by Gasteiger charge is 2.22. The molecule has 0 radical (unpaired) electrons. The molecule has 20 heavy (non-hydrogen) atoms. The predicted molar refractivity (Wildman–Crippen MR) is 71.7 cm³/mol. The fourth-order valence-corrected chi connectivity index (χ4v) is 2.21. The number of rotatable bonds is 4. The molecule has 1 aliphatic heterocycles. The minimum Gasteiger partial charge on any atom is -0.486 e. The van der Waals surface area contributed by atoms with Gasteiger partial charge < -0.3 is 14.0 Å². The van der Waals surface area contributed by atoms with E-state index in [4.69, 9.17) is 14.0 Å². The van der Waals surface area contributed by atoms with Crippen LogP contribution in [-0.4, -0.2) is 41.3 Å². The molecule has 0 bridgehead atoms. The number of ether oxygens (including phenoxy) is 2. The largest absolute Gasteiger partial charge is 0.486 e. The second kappa shape index (κ2) is 5.50. The zero-order valence-corrected chi connectivity index (χ0v) is 11.6. The van der Waals surface area contributed by atoms with E-state index >= 15 is 0 Å². The molecule has 0 fully saturated rings. The van der Waals surface area contributed by atoms with E-state index in [0.29, 0.717) is 24.9 Å². The van der Waals surface area contributed by atoms with Gasteiger partial charge in [0.25, 0.3) is 0 Å². The minimum absolute atomic E-state index is 0.00268. The van der Waals surface area contributed by atoms with Gasteiger partial charge in [-0.2, -0.15) is 4.98 Å². The average Bonchev–Trinajstić information content (AvgIpc) is 2.83. The van der Waals surface area contributed by atoms with Gasteiger partial charge in [-0.05, 0) is 19.2 Å². The Labute approximate surface area is 117 Å². The van der Waals surface area contributed by atoms with Crippen LogP contribution in [-0.2, 0) is 6.54 Å². The van der Waals surface area contributed by atoms with E-state index in [1.807, 2.05) is 31.3 Å². The minimum atomic E-state index is 0.00268. The first kappa shape index (κ1) is 12.9. The lowest BCUT2D eigenvalue weighted by Crippen LogP contribution is -2.39. The van der Waals surface area contributed by atoms with E-state index < -0.39 is 0 Å². The lowest BCUT2D eigenvalue weighted by atomic mass is 10.2. The molecule has 0 spiro atoms. The third kappa shape index (κ3) is 2.91. The highest BCUT2D eigenvalue weighted by molar-refractivity contribution is 5.40. The van der Waals surface area contributed by atoms with E-state index in [-0.39, 0.29) is 6.10 Å². The summed E-state index contributed by atoms with van der Waals surface area (Å²) in [4.78, 5) is 6.28. The molecule has 1 unspecified atom stereocenters. The van der Waals surface area contributed by atoms with Gasteiger partial charge in [-0.1, -0.05) is 17.3 Å². The van der Waals surface area contributed by atoms with Crippen molar-refractivity contribution in [2.45, 2.75) is 19.6 Å². The van der Waals surface area contributed by atoms with Gasteiger partial charge in [0.2, 0.25) is 5.89 Å². The predicted octanol–water partition coefficient (Wildman–Crippen LogP) is 1.65. The summed E-state index contributed by atoms with van der Waals surface area (Å²) in [6.07, 6.45) is 0.00268. The van der Waals surface area contributed by atoms with E-state index in [0.717, 1.165) is 18.0 Å². The van der Waals surface area contributed by atoms with Crippen molar-refractivity contribution in [2.75, 3.05) is 20.2 Å². The van der Waals surface area contributed by atoms with Crippen molar-refractivity contribution in [3.8, 4) is 11.5 Å². The molecule has 1 aliphatic rings. The zero-order valence-electron chi connectivity index (χ0n) is 11.6. The van der Waals surface area contributed by atoms with Crippen molar-refractivity contribution in [3.63, 3.8) is 0 Å². The smallest absolute Gasteiger partial charge is 0.223 e. The van der Waals surface area contributed by atoms with Gasteiger partial charge in [-0.25, -0.2) is 0 Å². The molecule has 6 nitrogen and oxygen atoms in total. The van der Waals surface area contributed by atoms with E-state index in [1.54, 1.807) is 6.92 Å². The van der Waals surface area contributed by atoms with Crippen LogP contribution in [0.5, 0.6) is 11.5 Å². The maximum atomic E-state index is 5.91. The van der Waals surface area contributed by atoms with Crippen LogP contribution in [0.25, 0.3) is 0 Å². The number of benzene rings is 1. The molecule has 106 valence electrons. The number of hydrogen-bond donors (Lipinski definition) is 0. The lowest BCUT2D eigenvalue weighted by Gasteiger charge is -2.29. The van der Waals surface area contributed by atoms with Crippen LogP contribution in [0, 0.1) is 6.92 Å². The maximum Gasteiger partial charge on any atom is 0.223 e. The summed E-state index contributed by atoms with van der Waals surface area (Å²) in [5.41, 5.74) is 0. The Morgan fingerprint density at radius 1 is 1.30 bits per heavy atom. The topological polar surface area (TPSA) is 60.6 Å². The van der Waals surface area contributed by atoms with Crippen LogP contribution < -0.4 is 9.47 Å². The van der Waals surface area contributed by atoms with Crippen LogP contribution in [0.1, 0.15) is 11.7 Å². The van der Waals surface area contributed by atoms with Gasteiger partial charge in [0, 0.05) is 13.5 Å². The van der Waals surface area contributed by atoms with Crippen LogP contribution in [0.4, 0.5) is 0 Å². The summed E-state index contributed by atoms with van der Waals surface area (Å²) in [7, 11) is 2.00. The first-order valence-electron chi connectivity index (χ1n) is 6.57. The number of aryl methyl sites for hydroxylation is 1. The van der Waals surface area contributed by atoms with Gasteiger partial charge >= 0.3 is 0 Å². The molecule has 2 heterocycles. The normalized spacial score (nSPS) is 17.4. The van der Waals surface area contributed by atoms with Crippen LogP contribution >= 0.6 is 0 Å². The van der Waals surface area contributed by atoms with Gasteiger partial charge in [0.05, 0.1) is 6.54 Å². The maximum absolute atomic E-state index is 5.91. The first-order valence-corrected chi connectivity index (χ1v) is 6.57. The highest BCUT2D eigenvalue weighted by atomic mass is 16.6. The Bertz CT molecular complexity index is 585. The molecule has 0 N–H and O–H groups in total. The Morgan fingerprint density at radius 3 is 2.85 bits per heavy atom. The Morgan fingerprint density at radius 2 is 2.10 bits per heavy atom. The standard InChI is InChI=1S/C14H17N3O3/c1-10-15-14(16-20-10)8-17(2)7-11-9-18-12-5-3-4-6-13(12)19-11/h3-6,11H,7-9H2,1-2H3. The van der Waals surface area contributed by atoms with Crippen molar-refractivity contribution < 1.29 is 14.0 Å². The SMILES string of the molecule is Cc1nc(CN(C)CC2COc3ccccc3O2)no1. The van der Waals surface area contributed by atoms with E-state index in [1.165, 1.54) is 0 Å². The van der Waals surface area contributed by atoms with E-state index in [9.17, 15) is 0 Å². The summed E-state index contributed by atoms with van der Waals surface area (Å²) in [5.74, 6) is 2.87. The van der Waals surface area contributed by atoms with Crippen LogP contribution in [0.2, 0.25) is 0 Å². The third-order valence-corrected chi connectivity index (χ3v) is 3.06. The van der Waals surface area contributed by atoms with Crippen molar-refractivity contribution in [1.29, 1.82) is 0 Å². The zero-order chi connectivity index (χ0) is 13.9.